The number of amides is 1. The molecule has 12 nitrogen and oxygen atoms in total. The number of thiocarbonyl (C=S) groups is 1. The number of tetrazole rings is 1. The lowest BCUT2D eigenvalue weighted by molar-refractivity contribution is 0.0696. The van der Waals surface area contributed by atoms with E-state index < -0.39 is 12.1 Å². The van der Waals surface area contributed by atoms with E-state index >= 15 is 0 Å². The molecule has 1 saturated heterocycles. The average molecular weight is 557 g/mol. The Balaban J connectivity index is 1.26. The second kappa shape index (κ2) is 11.7. The highest BCUT2D eigenvalue weighted by atomic mass is 32.2. The number of anilines is 1. The summed E-state index contributed by atoms with van der Waals surface area (Å²) < 4.78 is 7.03. The minimum absolute atomic E-state index is 0.163. The molecule has 38 heavy (non-hydrogen) atoms. The largest absolute Gasteiger partial charge is 0.478 e. The molecule has 0 aliphatic carbocycles. The first-order valence-corrected chi connectivity index (χ1v) is 13.2. The predicted molar refractivity (Wildman–Crippen MR) is 146 cm³/mol. The third kappa shape index (κ3) is 7.38. The molecule has 0 radical (unpaired) electrons. The van der Waals surface area contributed by atoms with Crippen molar-refractivity contribution >= 4 is 46.8 Å². The summed E-state index contributed by atoms with van der Waals surface area (Å²) in [4.78, 5) is 29.6. The molecule has 2 aromatic heterocycles. The van der Waals surface area contributed by atoms with E-state index in [-0.39, 0.29) is 22.2 Å². The van der Waals surface area contributed by atoms with E-state index in [4.69, 9.17) is 22.1 Å². The van der Waals surface area contributed by atoms with Crippen molar-refractivity contribution in [3.05, 3.63) is 48.2 Å². The van der Waals surface area contributed by atoms with Gasteiger partial charge in [-0.2, -0.15) is 4.68 Å². The van der Waals surface area contributed by atoms with Gasteiger partial charge in [-0.3, -0.25) is 0 Å². The van der Waals surface area contributed by atoms with Crippen LogP contribution >= 0.6 is 24.0 Å². The standard InChI is InChI=1S/C24H28N8O4S2/c1-24(2,3)27-21(37)26-16-6-9-19(25-14-16)36-23(35)31-12-10-18(11-13-31)38-22-28-29-30-32(22)17-7-4-15(5-8-17)20(33)34/h4-9,14,18H,10-13H2,1-3H3,(H,33,34)(H2,26,27,37). The lowest BCUT2D eigenvalue weighted by atomic mass is 10.1. The monoisotopic (exact) mass is 556 g/mol. The number of piperidine rings is 1. The molecule has 1 aliphatic rings. The number of aromatic carboxylic acids is 1. The minimum Gasteiger partial charge on any atom is -0.478 e. The summed E-state index contributed by atoms with van der Waals surface area (Å²) in [5, 5.41) is 28.5. The van der Waals surface area contributed by atoms with Crippen LogP contribution in [0.5, 0.6) is 5.88 Å². The normalized spacial score (nSPS) is 14.1. The first-order chi connectivity index (χ1) is 18.1. The number of carboxylic acid groups (broad SMARTS) is 1. The Kier molecular flexibility index (Phi) is 8.42. The molecule has 14 heteroatoms. The van der Waals surface area contributed by atoms with E-state index in [1.807, 2.05) is 20.8 Å². The third-order valence-corrected chi connectivity index (χ3v) is 6.92. The highest BCUT2D eigenvalue weighted by Gasteiger charge is 2.27. The highest BCUT2D eigenvalue weighted by Crippen LogP contribution is 2.30. The molecular weight excluding hydrogens is 528 g/mol. The topological polar surface area (TPSA) is 147 Å². The molecule has 3 N–H and O–H groups in total. The fourth-order valence-corrected chi connectivity index (χ4v) is 5.13. The van der Waals surface area contributed by atoms with Gasteiger partial charge in [0.25, 0.3) is 0 Å². The van der Waals surface area contributed by atoms with Gasteiger partial charge in [-0.05, 0) is 86.6 Å². The maximum Gasteiger partial charge on any atom is 0.416 e. The van der Waals surface area contributed by atoms with Gasteiger partial charge in [0.15, 0.2) is 5.11 Å². The zero-order valence-corrected chi connectivity index (χ0v) is 22.8. The lowest BCUT2D eigenvalue weighted by Gasteiger charge is -2.30. The summed E-state index contributed by atoms with van der Waals surface area (Å²) in [6, 6.07) is 9.71. The van der Waals surface area contributed by atoms with E-state index in [0.717, 1.165) is 12.8 Å². The summed E-state index contributed by atoms with van der Waals surface area (Å²) in [6.45, 7) is 7.08. The number of aromatic nitrogens is 5. The lowest BCUT2D eigenvalue weighted by Crippen LogP contribution is -2.42. The van der Waals surface area contributed by atoms with Crippen LogP contribution in [-0.2, 0) is 0 Å². The van der Waals surface area contributed by atoms with Gasteiger partial charge in [-0.25, -0.2) is 14.6 Å². The molecule has 1 aliphatic heterocycles. The fourth-order valence-electron chi connectivity index (χ4n) is 3.64. The van der Waals surface area contributed by atoms with Gasteiger partial charge in [0.1, 0.15) is 0 Å². The fraction of sp³-hybridized carbons (Fsp3) is 0.375. The second-order valence-electron chi connectivity index (χ2n) is 9.61. The van der Waals surface area contributed by atoms with Crippen LogP contribution in [0.25, 0.3) is 5.69 Å². The van der Waals surface area contributed by atoms with Crippen LogP contribution in [0.4, 0.5) is 10.5 Å². The summed E-state index contributed by atoms with van der Waals surface area (Å²) >= 11 is 6.81. The Morgan fingerprint density at radius 2 is 1.84 bits per heavy atom. The number of hydrogen-bond donors (Lipinski definition) is 3. The molecule has 0 spiro atoms. The number of ether oxygens (including phenoxy) is 1. The Morgan fingerprint density at radius 3 is 2.45 bits per heavy atom. The molecule has 0 bridgehead atoms. The van der Waals surface area contributed by atoms with E-state index in [1.54, 1.807) is 40.0 Å². The van der Waals surface area contributed by atoms with E-state index in [2.05, 4.69) is 31.1 Å². The molecular formula is C24H28N8O4S2. The Bertz CT molecular complexity index is 1280. The van der Waals surface area contributed by atoms with Crippen LogP contribution in [0, 0.1) is 0 Å². The molecule has 1 fully saturated rings. The molecule has 200 valence electrons. The number of carboxylic acids is 1. The molecule has 1 amide bonds. The number of rotatable bonds is 6. The van der Waals surface area contributed by atoms with Gasteiger partial charge in [-0.1, -0.05) is 11.8 Å². The number of benzene rings is 1. The SMILES string of the molecule is CC(C)(C)NC(=S)Nc1ccc(OC(=O)N2CCC(Sc3nnnn3-c3ccc(C(=O)O)cc3)CC2)nc1. The van der Waals surface area contributed by atoms with Crippen LogP contribution < -0.4 is 15.4 Å². The first-order valence-electron chi connectivity index (χ1n) is 11.9. The number of pyridine rings is 1. The van der Waals surface area contributed by atoms with Crippen molar-refractivity contribution in [1.29, 1.82) is 0 Å². The number of nitrogens with zero attached hydrogens (tertiary/aromatic N) is 6. The number of hydrogen-bond acceptors (Lipinski definition) is 9. The van der Waals surface area contributed by atoms with Crippen molar-refractivity contribution in [1.82, 2.24) is 35.4 Å². The summed E-state index contributed by atoms with van der Waals surface area (Å²) in [7, 11) is 0. The van der Waals surface area contributed by atoms with Gasteiger partial charge in [-0.15, -0.1) is 5.10 Å². The van der Waals surface area contributed by atoms with Gasteiger partial charge in [0.2, 0.25) is 11.0 Å². The van der Waals surface area contributed by atoms with Crippen molar-refractivity contribution in [3.63, 3.8) is 0 Å². The van der Waals surface area contributed by atoms with Crippen molar-refractivity contribution < 1.29 is 19.4 Å². The predicted octanol–water partition coefficient (Wildman–Crippen LogP) is 3.60. The van der Waals surface area contributed by atoms with Crippen molar-refractivity contribution in [2.24, 2.45) is 0 Å². The second-order valence-corrected chi connectivity index (χ2v) is 11.3. The van der Waals surface area contributed by atoms with Gasteiger partial charge < -0.3 is 25.4 Å². The molecule has 0 saturated carbocycles. The summed E-state index contributed by atoms with van der Waals surface area (Å²) in [5.41, 5.74) is 1.38. The van der Waals surface area contributed by atoms with Crippen LogP contribution in [0.3, 0.4) is 0 Å². The Labute approximate surface area is 229 Å². The zero-order chi connectivity index (χ0) is 27.3. The smallest absolute Gasteiger partial charge is 0.416 e. The number of nitrogens with one attached hydrogen (secondary N) is 2. The highest BCUT2D eigenvalue weighted by molar-refractivity contribution is 7.99. The van der Waals surface area contributed by atoms with Gasteiger partial charge in [0.05, 0.1) is 23.1 Å². The van der Waals surface area contributed by atoms with Crippen molar-refractivity contribution in [3.8, 4) is 11.6 Å². The first kappa shape index (κ1) is 27.3. The molecule has 3 heterocycles. The third-order valence-electron chi connectivity index (χ3n) is 5.45. The molecule has 1 aromatic carbocycles. The van der Waals surface area contributed by atoms with E-state index in [9.17, 15) is 9.59 Å². The van der Waals surface area contributed by atoms with Crippen LogP contribution in [-0.4, -0.2) is 76.3 Å². The molecule has 0 atom stereocenters. The molecule has 3 aromatic rings. The minimum atomic E-state index is -0.994. The van der Waals surface area contributed by atoms with Crippen molar-refractivity contribution in [2.75, 3.05) is 18.4 Å². The Hall–Kier alpha value is -3.78. The van der Waals surface area contributed by atoms with Gasteiger partial charge in [0, 0.05) is 29.9 Å². The summed E-state index contributed by atoms with van der Waals surface area (Å²) in [5.74, 6) is -0.786. The van der Waals surface area contributed by atoms with Gasteiger partial charge >= 0.3 is 12.1 Å². The van der Waals surface area contributed by atoms with E-state index in [1.165, 1.54) is 23.9 Å². The van der Waals surface area contributed by atoms with E-state index in [0.29, 0.717) is 34.7 Å². The van der Waals surface area contributed by atoms with Crippen LogP contribution in [0.2, 0.25) is 0 Å². The van der Waals surface area contributed by atoms with Crippen LogP contribution in [0.1, 0.15) is 44.0 Å². The number of carbonyl (C=O) groups is 2. The quantitative estimate of drug-likeness (QED) is 0.381. The maximum atomic E-state index is 12.7. The zero-order valence-electron chi connectivity index (χ0n) is 21.1. The number of thioether (sulfide) groups is 1. The maximum absolute atomic E-state index is 12.7. The van der Waals surface area contributed by atoms with Crippen LogP contribution in [0.15, 0.2) is 47.8 Å². The average Bonchev–Trinajstić information content (AvgIpc) is 3.32. The number of likely N-dealkylation sites (tertiary alicyclic amines) is 1. The molecule has 0 unspecified atom stereocenters. The summed E-state index contributed by atoms with van der Waals surface area (Å²) in [6.07, 6.45) is 2.58. The Morgan fingerprint density at radius 1 is 1.13 bits per heavy atom. The van der Waals surface area contributed by atoms with Crippen molar-refractivity contribution in [2.45, 2.75) is 49.6 Å². The number of carbonyl (C=O) groups excluding carboxylic acids is 1. The molecule has 4 rings (SSSR count).